The van der Waals surface area contributed by atoms with Crippen LogP contribution in [0.25, 0.3) is 11.0 Å². The summed E-state index contributed by atoms with van der Waals surface area (Å²) >= 11 is 11.3. The molecular weight excluding hydrogens is 241 g/mol. The van der Waals surface area contributed by atoms with E-state index >= 15 is 0 Å². The molecule has 76 valence electrons. The Morgan fingerprint density at radius 1 is 1.27 bits per heavy atom. The van der Waals surface area contributed by atoms with Crippen molar-refractivity contribution < 1.29 is 4.92 Å². The summed E-state index contributed by atoms with van der Waals surface area (Å²) in [5.41, 5.74) is 0.0476. The van der Waals surface area contributed by atoms with Gasteiger partial charge in [0.15, 0.2) is 5.65 Å². The van der Waals surface area contributed by atoms with Gasteiger partial charge in [0.1, 0.15) is 5.15 Å². The van der Waals surface area contributed by atoms with E-state index in [0.29, 0.717) is 5.39 Å². The number of pyridine rings is 2. The minimum Gasteiger partial charge on any atom is -0.258 e. The summed E-state index contributed by atoms with van der Waals surface area (Å²) in [6, 6.07) is 4.44. The lowest BCUT2D eigenvalue weighted by atomic mass is 10.3. The summed E-state index contributed by atoms with van der Waals surface area (Å²) in [6.45, 7) is 0. The van der Waals surface area contributed by atoms with Crippen LogP contribution in [0.2, 0.25) is 10.3 Å². The molecule has 0 aliphatic heterocycles. The van der Waals surface area contributed by atoms with E-state index in [9.17, 15) is 10.1 Å². The van der Waals surface area contributed by atoms with Crippen LogP contribution in [0.3, 0.4) is 0 Å². The van der Waals surface area contributed by atoms with Crippen molar-refractivity contribution in [3.63, 3.8) is 0 Å². The summed E-state index contributed by atoms with van der Waals surface area (Å²) in [5.74, 6) is 0. The molecule has 2 aromatic rings. The molecule has 0 saturated heterocycles. The lowest BCUT2D eigenvalue weighted by molar-refractivity contribution is -0.384. The second-order valence-corrected chi connectivity index (χ2v) is 3.48. The van der Waals surface area contributed by atoms with Gasteiger partial charge in [0, 0.05) is 11.5 Å². The van der Waals surface area contributed by atoms with Gasteiger partial charge in [-0.05, 0) is 12.1 Å². The van der Waals surface area contributed by atoms with Crippen LogP contribution in [0, 0.1) is 10.1 Å². The topological polar surface area (TPSA) is 68.9 Å². The first-order valence-electron chi connectivity index (χ1n) is 3.85. The predicted octanol–water partition coefficient (Wildman–Crippen LogP) is 2.84. The summed E-state index contributed by atoms with van der Waals surface area (Å²) in [7, 11) is 0. The van der Waals surface area contributed by atoms with Gasteiger partial charge in [-0.3, -0.25) is 10.1 Å². The monoisotopic (exact) mass is 243 g/mol. The first-order chi connectivity index (χ1) is 7.08. The van der Waals surface area contributed by atoms with Crippen molar-refractivity contribution in [3.05, 3.63) is 38.6 Å². The van der Waals surface area contributed by atoms with Crippen LogP contribution in [-0.4, -0.2) is 14.9 Å². The zero-order valence-electron chi connectivity index (χ0n) is 7.15. The smallest absolute Gasteiger partial charge is 0.258 e. The van der Waals surface area contributed by atoms with E-state index in [1.54, 1.807) is 6.07 Å². The van der Waals surface area contributed by atoms with E-state index in [0.717, 1.165) is 0 Å². The van der Waals surface area contributed by atoms with Gasteiger partial charge in [-0.25, -0.2) is 9.97 Å². The van der Waals surface area contributed by atoms with E-state index in [-0.39, 0.29) is 21.6 Å². The number of aromatic nitrogens is 2. The molecule has 0 fully saturated rings. The van der Waals surface area contributed by atoms with Crippen molar-refractivity contribution in [3.8, 4) is 0 Å². The maximum Gasteiger partial charge on any atom is 0.307 e. The second-order valence-electron chi connectivity index (χ2n) is 2.74. The molecule has 0 unspecified atom stereocenters. The third-order valence-electron chi connectivity index (χ3n) is 1.78. The summed E-state index contributed by atoms with van der Waals surface area (Å²) in [5, 5.41) is 11.2. The van der Waals surface area contributed by atoms with Gasteiger partial charge in [0.2, 0.25) is 5.15 Å². The highest BCUT2D eigenvalue weighted by Gasteiger charge is 2.15. The van der Waals surface area contributed by atoms with Crippen molar-refractivity contribution in [2.24, 2.45) is 0 Å². The van der Waals surface area contributed by atoms with Crippen molar-refractivity contribution >= 4 is 39.9 Å². The van der Waals surface area contributed by atoms with Crippen LogP contribution in [0.4, 0.5) is 5.69 Å². The molecule has 0 spiro atoms. The molecule has 15 heavy (non-hydrogen) atoms. The molecule has 5 nitrogen and oxygen atoms in total. The fourth-order valence-electron chi connectivity index (χ4n) is 1.12. The number of nitro groups is 1. The van der Waals surface area contributed by atoms with Crippen LogP contribution < -0.4 is 0 Å². The molecule has 0 aliphatic rings. The molecule has 2 aromatic heterocycles. The van der Waals surface area contributed by atoms with E-state index in [1.807, 2.05) is 0 Å². The molecule has 0 amide bonds. The van der Waals surface area contributed by atoms with Gasteiger partial charge < -0.3 is 0 Å². The highest BCUT2D eigenvalue weighted by Crippen LogP contribution is 2.26. The lowest BCUT2D eigenvalue weighted by Crippen LogP contribution is -1.93. The first kappa shape index (κ1) is 10.1. The highest BCUT2D eigenvalue weighted by atomic mass is 35.5. The Bertz CT molecular complexity index is 559. The fourth-order valence-corrected chi connectivity index (χ4v) is 1.47. The minimum absolute atomic E-state index is 0.192. The molecule has 2 rings (SSSR count). The van der Waals surface area contributed by atoms with Gasteiger partial charge in [0.25, 0.3) is 0 Å². The second kappa shape index (κ2) is 3.60. The average Bonchev–Trinajstić information content (AvgIpc) is 2.15. The minimum atomic E-state index is -0.594. The number of fused-ring (bicyclic) bond motifs is 1. The molecule has 0 aromatic carbocycles. The van der Waals surface area contributed by atoms with Gasteiger partial charge in [-0.1, -0.05) is 23.2 Å². The quantitative estimate of drug-likeness (QED) is 0.439. The maximum absolute atomic E-state index is 10.6. The van der Waals surface area contributed by atoms with Crippen LogP contribution in [-0.2, 0) is 0 Å². The number of hydrogen-bond acceptors (Lipinski definition) is 4. The van der Waals surface area contributed by atoms with E-state index in [4.69, 9.17) is 23.2 Å². The molecule has 0 bridgehead atoms. The van der Waals surface area contributed by atoms with Gasteiger partial charge in [-0.15, -0.1) is 0 Å². The number of nitrogens with zero attached hydrogens (tertiary/aromatic N) is 3. The van der Waals surface area contributed by atoms with Crippen molar-refractivity contribution in [1.29, 1.82) is 0 Å². The Morgan fingerprint density at radius 2 is 2.00 bits per heavy atom. The van der Waals surface area contributed by atoms with Crippen LogP contribution in [0.5, 0.6) is 0 Å². The highest BCUT2D eigenvalue weighted by molar-refractivity contribution is 6.32. The largest absolute Gasteiger partial charge is 0.307 e. The van der Waals surface area contributed by atoms with E-state index in [1.165, 1.54) is 12.1 Å². The fraction of sp³-hybridized carbons (Fsp3) is 0. The normalized spacial score (nSPS) is 10.5. The standard InChI is InChI=1S/C8H3Cl2N3O2/c9-6-2-1-4-3-5(13(14)15)7(10)12-8(4)11-6/h1-3H. The number of halogens is 2. The molecule has 0 saturated carbocycles. The average molecular weight is 244 g/mol. The van der Waals surface area contributed by atoms with Gasteiger partial charge >= 0.3 is 5.69 Å². The third-order valence-corrected chi connectivity index (χ3v) is 2.26. The zero-order chi connectivity index (χ0) is 11.0. The van der Waals surface area contributed by atoms with Crippen molar-refractivity contribution in [2.45, 2.75) is 0 Å². The molecule has 2 heterocycles. The Labute approximate surface area is 93.8 Å². The molecular formula is C8H3Cl2N3O2. The Hall–Kier alpha value is -1.46. The molecule has 0 atom stereocenters. The van der Waals surface area contributed by atoms with Crippen LogP contribution in [0.15, 0.2) is 18.2 Å². The molecule has 7 heteroatoms. The number of rotatable bonds is 1. The number of hydrogen-bond donors (Lipinski definition) is 0. The first-order valence-corrected chi connectivity index (χ1v) is 4.61. The molecule has 0 aliphatic carbocycles. The third kappa shape index (κ3) is 1.84. The predicted molar refractivity (Wildman–Crippen MR) is 56.2 cm³/mol. The molecule has 0 radical (unpaired) electrons. The Kier molecular flexibility index (Phi) is 2.42. The maximum atomic E-state index is 10.6. The van der Waals surface area contributed by atoms with E-state index < -0.39 is 4.92 Å². The molecule has 0 N–H and O–H groups in total. The van der Waals surface area contributed by atoms with Gasteiger partial charge in [0.05, 0.1) is 4.92 Å². The Morgan fingerprint density at radius 3 is 2.67 bits per heavy atom. The van der Waals surface area contributed by atoms with Gasteiger partial charge in [-0.2, -0.15) is 0 Å². The summed E-state index contributed by atoms with van der Waals surface area (Å²) in [4.78, 5) is 17.6. The Balaban J connectivity index is 2.76. The summed E-state index contributed by atoms with van der Waals surface area (Å²) in [6.07, 6.45) is 0. The summed E-state index contributed by atoms with van der Waals surface area (Å²) < 4.78 is 0. The van der Waals surface area contributed by atoms with E-state index in [2.05, 4.69) is 9.97 Å². The van der Waals surface area contributed by atoms with Crippen molar-refractivity contribution in [1.82, 2.24) is 9.97 Å². The lowest BCUT2D eigenvalue weighted by Gasteiger charge is -1.98. The zero-order valence-corrected chi connectivity index (χ0v) is 8.66. The SMILES string of the molecule is O=[N+]([O-])c1cc2ccc(Cl)nc2nc1Cl. The van der Waals surface area contributed by atoms with Crippen LogP contribution >= 0.6 is 23.2 Å². The van der Waals surface area contributed by atoms with Crippen molar-refractivity contribution in [2.75, 3.05) is 0 Å². The van der Waals surface area contributed by atoms with Crippen LogP contribution in [0.1, 0.15) is 0 Å².